The molecule has 1 heterocycles. The van der Waals surface area contributed by atoms with Crippen LogP contribution in [0.3, 0.4) is 0 Å². The highest BCUT2D eigenvalue weighted by molar-refractivity contribution is 7.92. The molecule has 1 amide bonds. The van der Waals surface area contributed by atoms with Crippen molar-refractivity contribution in [1.29, 1.82) is 0 Å². The number of ether oxygens (including phenoxy) is 2. The number of nitrogens with zero attached hydrogens (tertiary/aromatic N) is 2. The smallest absolute Gasteiger partial charge is 0.264 e. The maximum Gasteiger partial charge on any atom is 0.264 e. The van der Waals surface area contributed by atoms with E-state index < -0.39 is 32.5 Å². The van der Waals surface area contributed by atoms with Gasteiger partial charge in [-0.3, -0.25) is 9.10 Å². The fourth-order valence-corrected chi connectivity index (χ4v) is 6.97. The van der Waals surface area contributed by atoms with E-state index in [2.05, 4.69) is 5.32 Å². The number of benzene rings is 3. The third kappa shape index (κ3) is 6.95. The summed E-state index contributed by atoms with van der Waals surface area (Å²) in [5, 5.41) is 2.69. The first-order valence-corrected chi connectivity index (χ1v) is 15.3. The van der Waals surface area contributed by atoms with Gasteiger partial charge in [-0.15, -0.1) is 0 Å². The Morgan fingerprint density at radius 1 is 0.897 bits per heavy atom. The van der Waals surface area contributed by atoms with Crippen LogP contribution < -0.4 is 14.4 Å². The number of carbonyl (C=O) groups is 1. The number of carbonyl (C=O) groups excluding carboxylic acids is 1. The Labute approximate surface area is 229 Å². The van der Waals surface area contributed by atoms with E-state index in [0.29, 0.717) is 43.3 Å². The molecule has 4 rings (SSSR count). The van der Waals surface area contributed by atoms with Crippen LogP contribution in [-0.2, 0) is 29.6 Å². The largest absolute Gasteiger partial charge is 0.492 e. The van der Waals surface area contributed by atoms with E-state index in [1.165, 1.54) is 28.6 Å². The zero-order valence-corrected chi connectivity index (χ0v) is 23.2. The van der Waals surface area contributed by atoms with Crippen LogP contribution in [0.4, 0.5) is 5.69 Å². The van der Waals surface area contributed by atoms with Gasteiger partial charge in [-0.05, 0) is 55.0 Å². The standard InChI is InChI=1S/C27H31N3O7S2/c1-22-7-5-6-10-26(22)30(39(34,35)24-8-3-2-4-9-24)21-27(31)28-15-18-37-23-11-13-25(14-12-23)38(32,33)29-16-19-36-20-17-29/h2-14H,15-21H2,1H3,(H,28,31). The fourth-order valence-electron chi connectivity index (χ4n) is 4.05. The van der Waals surface area contributed by atoms with Crippen LogP contribution in [0, 0.1) is 6.92 Å². The molecular weight excluding hydrogens is 542 g/mol. The molecule has 0 unspecified atom stereocenters. The lowest BCUT2D eigenvalue weighted by Crippen LogP contribution is -2.42. The molecule has 0 aliphatic carbocycles. The van der Waals surface area contributed by atoms with Crippen molar-refractivity contribution < 1.29 is 31.1 Å². The van der Waals surface area contributed by atoms with Crippen molar-refractivity contribution in [2.45, 2.75) is 16.7 Å². The first-order valence-electron chi connectivity index (χ1n) is 12.4. The fraction of sp³-hybridized carbons (Fsp3) is 0.296. The Hall–Kier alpha value is -3.45. The Morgan fingerprint density at radius 3 is 2.21 bits per heavy atom. The lowest BCUT2D eigenvalue weighted by Gasteiger charge is -2.26. The normalized spacial score (nSPS) is 14.5. The molecular formula is C27H31N3O7S2. The van der Waals surface area contributed by atoms with Crippen molar-refractivity contribution in [1.82, 2.24) is 9.62 Å². The van der Waals surface area contributed by atoms with Gasteiger partial charge < -0.3 is 14.8 Å². The Morgan fingerprint density at radius 2 is 1.54 bits per heavy atom. The molecule has 10 nitrogen and oxygen atoms in total. The zero-order chi connectivity index (χ0) is 27.9. The van der Waals surface area contributed by atoms with Crippen LogP contribution in [0.5, 0.6) is 5.75 Å². The number of nitrogens with one attached hydrogen (secondary N) is 1. The predicted molar refractivity (Wildman–Crippen MR) is 147 cm³/mol. The molecule has 1 aliphatic rings. The summed E-state index contributed by atoms with van der Waals surface area (Å²) in [5.74, 6) is -0.0494. The molecule has 39 heavy (non-hydrogen) atoms. The Balaban J connectivity index is 1.34. The lowest BCUT2D eigenvalue weighted by molar-refractivity contribution is -0.119. The molecule has 1 saturated heterocycles. The number of morpholine rings is 1. The van der Waals surface area contributed by atoms with Gasteiger partial charge in [0.05, 0.1) is 35.2 Å². The summed E-state index contributed by atoms with van der Waals surface area (Å²) in [6, 6.07) is 21.0. The summed E-state index contributed by atoms with van der Waals surface area (Å²) in [6.07, 6.45) is 0. The van der Waals surface area contributed by atoms with Crippen LogP contribution in [0.15, 0.2) is 88.7 Å². The summed E-state index contributed by atoms with van der Waals surface area (Å²) >= 11 is 0. The average Bonchev–Trinajstić information content (AvgIpc) is 2.95. The summed E-state index contributed by atoms with van der Waals surface area (Å²) in [5.41, 5.74) is 1.13. The van der Waals surface area contributed by atoms with Gasteiger partial charge >= 0.3 is 0 Å². The second kappa shape index (κ2) is 12.6. The van der Waals surface area contributed by atoms with Gasteiger partial charge in [-0.25, -0.2) is 16.8 Å². The number of hydrogen-bond acceptors (Lipinski definition) is 7. The number of para-hydroxylation sites is 1. The molecule has 12 heteroatoms. The maximum atomic E-state index is 13.4. The van der Waals surface area contributed by atoms with Gasteiger partial charge in [0.2, 0.25) is 15.9 Å². The quantitative estimate of drug-likeness (QED) is 0.350. The molecule has 208 valence electrons. The minimum absolute atomic E-state index is 0.0865. The van der Waals surface area contributed by atoms with Gasteiger partial charge in [0.25, 0.3) is 10.0 Å². The van der Waals surface area contributed by atoms with Crippen LogP contribution >= 0.6 is 0 Å². The van der Waals surface area contributed by atoms with Gasteiger partial charge in [0.1, 0.15) is 18.9 Å². The number of amides is 1. The van der Waals surface area contributed by atoms with Crippen molar-refractivity contribution in [2.24, 2.45) is 0 Å². The summed E-state index contributed by atoms with van der Waals surface area (Å²) in [7, 11) is -7.59. The SMILES string of the molecule is Cc1ccccc1N(CC(=O)NCCOc1ccc(S(=O)(=O)N2CCOCC2)cc1)S(=O)(=O)c1ccccc1. The monoisotopic (exact) mass is 573 g/mol. The van der Waals surface area contributed by atoms with E-state index in [0.717, 1.165) is 4.31 Å². The van der Waals surface area contributed by atoms with E-state index in [1.807, 2.05) is 0 Å². The second-order valence-electron chi connectivity index (χ2n) is 8.80. The maximum absolute atomic E-state index is 13.4. The van der Waals surface area contributed by atoms with Gasteiger partial charge in [0, 0.05) is 13.1 Å². The third-order valence-corrected chi connectivity index (χ3v) is 9.81. The molecule has 0 spiro atoms. The molecule has 0 radical (unpaired) electrons. The van der Waals surface area contributed by atoms with Crippen molar-refractivity contribution in [3.8, 4) is 5.75 Å². The van der Waals surface area contributed by atoms with E-state index in [-0.39, 0.29) is 22.9 Å². The second-order valence-corrected chi connectivity index (χ2v) is 12.6. The molecule has 1 fully saturated rings. The first kappa shape index (κ1) is 28.6. The minimum Gasteiger partial charge on any atom is -0.492 e. The minimum atomic E-state index is -3.99. The molecule has 0 aromatic heterocycles. The van der Waals surface area contributed by atoms with Crippen molar-refractivity contribution in [2.75, 3.05) is 50.3 Å². The molecule has 0 saturated carbocycles. The van der Waals surface area contributed by atoms with E-state index in [9.17, 15) is 21.6 Å². The first-order chi connectivity index (χ1) is 18.7. The lowest BCUT2D eigenvalue weighted by atomic mass is 10.2. The van der Waals surface area contributed by atoms with Crippen LogP contribution in [0.2, 0.25) is 0 Å². The Bertz CT molecular complexity index is 1470. The van der Waals surface area contributed by atoms with Crippen LogP contribution in [-0.4, -0.2) is 73.0 Å². The number of hydrogen-bond donors (Lipinski definition) is 1. The number of sulfonamides is 2. The zero-order valence-electron chi connectivity index (χ0n) is 21.5. The summed E-state index contributed by atoms with van der Waals surface area (Å²) < 4.78 is 65.6. The van der Waals surface area contributed by atoms with Gasteiger partial charge in [0.15, 0.2) is 0 Å². The molecule has 0 atom stereocenters. The van der Waals surface area contributed by atoms with Crippen molar-refractivity contribution >= 4 is 31.6 Å². The van der Waals surface area contributed by atoms with Crippen molar-refractivity contribution in [3.05, 3.63) is 84.4 Å². The average molecular weight is 574 g/mol. The highest BCUT2D eigenvalue weighted by atomic mass is 32.2. The summed E-state index contributed by atoms with van der Waals surface area (Å²) in [6.45, 7) is 2.97. The highest BCUT2D eigenvalue weighted by Crippen LogP contribution is 2.26. The molecule has 3 aromatic carbocycles. The van der Waals surface area contributed by atoms with E-state index in [4.69, 9.17) is 9.47 Å². The van der Waals surface area contributed by atoms with Gasteiger partial charge in [-0.1, -0.05) is 36.4 Å². The van der Waals surface area contributed by atoms with E-state index in [1.54, 1.807) is 61.5 Å². The van der Waals surface area contributed by atoms with Crippen LogP contribution in [0.1, 0.15) is 5.56 Å². The molecule has 1 aliphatic heterocycles. The molecule has 3 aromatic rings. The van der Waals surface area contributed by atoms with Gasteiger partial charge in [-0.2, -0.15) is 4.31 Å². The van der Waals surface area contributed by atoms with E-state index >= 15 is 0 Å². The third-order valence-electron chi connectivity index (χ3n) is 6.13. The van der Waals surface area contributed by atoms with Crippen molar-refractivity contribution in [3.63, 3.8) is 0 Å². The predicted octanol–water partition coefficient (Wildman–Crippen LogP) is 2.41. The number of anilines is 1. The Kier molecular flexibility index (Phi) is 9.23. The number of aryl methyl sites for hydroxylation is 1. The molecule has 1 N–H and O–H groups in total. The highest BCUT2D eigenvalue weighted by Gasteiger charge is 2.28. The summed E-state index contributed by atoms with van der Waals surface area (Å²) in [4.78, 5) is 13.0. The topological polar surface area (TPSA) is 122 Å². The van der Waals surface area contributed by atoms with Crippen LogP contribution in [0.25, 0.3) is 0 Å². The number of rotatable bonds is 11. The molecule has 0 bridgehead atoms.